The number of carbonyl (C=O) groups is 2. The second kappa shape index (κ2) is 8.21. The van der Waals surface area contributed by atoms with Crippen molar-refractivity contribution in [2.24, 2.45) is 16.8 Å². The zero-order valence-electron chi connectivity index (χ0n) is 18.6. The molecule has 7 nitrogen and oxygen atoms in total. The second-order valence-electron chi connectivity index (χ2n) is 9.71. The molecule has 0 bridgehead atoms. The van der Waals surface area contributed by atoms with Gasteiger partial charge in [0.2, 0.25) is 0 Å². The highest BCUT2D eigenvalue weighted by Gasteiger charge is 2.46. The fourth-order valence-corrected chi connectivity index (χ4v) is 4.98. The third-order valence-corrected chi connectivity index (χ3v) is 7.11. The predicted molar refractivity (Wildman–Crippen MR) is 128 cm³/mol. The Balaban J connectivity index is 1.19. The molecule has 7 heteroatoms. The van der Waals surface area contributed by atoms with Crippen molar-refractivity contribution >= 4 is 29.1 Å². The summed E-state index contributed by atoms with van der Waals surface area (Å²) in [7, 11) is 0. The van der Waals surface area contributed by atoms with Crippen molar-refractivity contribution in [3.63, 3.8) is 0 Å². The van der Waals surface area contributed by atoms with E-state index in [9.17, 15) is 9.59 Å². The smallest absolute Gasteiger partial charge is 0.257 e. The van der Waals surface area contributed by atoms with Crippen molar-refractivity contribution < 1.29 is 9.59 Å². The van der Waals surface area contributed by atoms with Crippen LogP contribution in [-0.4, -0.2) is 48.9 Å². The number of nitrogens with zero attached hydrogens (tertiary/aromatic N) is 2. The fourth-order valence-electron chi connectivity index (χ4n) is 4.98. The highest BCUT2D eigenvalue weighted by atomic mass is 16.2. The number of likely N-dealkylation sites (tertiary alicyclic amines) is 1. The number of fused-ring (bicyclic) bond motifs is 1. The highest BCUT2D eigenvalue weighted by Crippen LogP contribution is 2.46. The van der Waals surface area contributed by atoms with Gasteiger partial charge in [-0.2, -0.15) is 0 Å². The van der Waals surface area contributed by atoms with Gasteiger partial charge in [0, 0.05) is 48.7 Å². The van der Waals surface area contributed by atoms with Crippen LogP contribution in [0.5, 0.6) is 0 Å². The summed E-state index contributed by atoms with van der Waals surface area (Å²) in [5.74, 6) is 2.46. The van der Waals surface area contributed by atoms with Gasteiger partial charge in [0.05, 0.1) is 0 Å². The lowest BCUT2D eigenvalue weighted by Crippen LogP contribution is -2.43. The van der Waals surface area contributed by atoms with Crippen molar-refractivity contribution in [3.05, 3.63) is 59.2 Å². The van der Waals surface area contributed by atoms with Crippen LogP contribution in [0.1, 0.15) is 57.9 Å². The predicted octanol–water partition coefficient (Wildman–Crippen LogP) is 3.48. The number of aliphatic imine (C=N–C) groups is 1. The van der Waals surface area contributed by atoms with E-state index >= 15 is 0 Å². The van der Waals surface area contributed by atoms with Gasteiger partial charge < -0.3 is 15.5 Å². The molecule has 3 N–H and O–H groups in total. The molecule has 2 aromatic rings. The highest BCUT2D eigenvalue weighted by molar-refractivity contribution is 6.06. The van der Waals surface area contributed by atoms with Gasteiger partial charge in [-0.1, -0.05) is 6.07 Å². The molecule has 3 fully saturated rings. The number of rotatable bonds is 5. The second-order valence-corrected chi connectivity index (χ2v) is 9.71. The van der Waals surface area contributed by atoms with E-state index in [2.05, 4.69) is 20.9 Å². The molecular formula is C26H29N5O2. The van der Waals surface area contributed by atoms with E-state index in [0.29, 0.717) is 17.4 Å². The Labute approximate surface area is 193 Å². The zero-order chi connectivity index (χ0) is 22.4. The first-order valence-corrected chi connectivity index (χ1v) is 12.0. The van der Waals surface area contributed by atoms with Crippen LogP contribution in [-0.2, 0) is 0 Å². The van der Waals surface area contributed by atoms with Crippen molar-refractivity contribution in [2.75, 3.05) is 31.5 Å². The fraction of sp³-hybridized carbons (Fsp3) is 0.423. The summed E-state index contributed by atoms with van der Waals surface area (Å²) < 4.78 is 0. The summed E-state index contributed by atoms with van der Waals surface area (Å²) in [6.07, 6.45) is 4.53. The molecule has 2 aromatic carbocycles. The first kappa shape index (κ1) is 20.3. The Kier molecular flexibility index (Phi) is 5.04. The molecule has 4 aliphatic rings. The molecule has 2 atom stereocenters. The van der Waals surface area contributed by atoms with E-state index in [1.54, 1.807) is 0 Å². The van der Waals surface area contributed by atoms with Gasteiger partial charge in [-0.15, -0.1) is 0 Å². The number of hydrogen-bond acceptors (Lipinski definition) is 5. The molecule has 2 heterocycles. The van der Waals surface area contributed by atoms with Crippen LogP contribution in [0.2, 0.25) is 0 Å². The first-order valence-electron chi connectivity index (χ1n) is 12.0. The molecule has 1 saturated heterocycles. The SMILES string of the molecule is O=C(NC1=NCCCN1)c1ccc(Nc2cccc(C(=O)N3CC4CC4C3)c2)c(C2CC2)c1. The van der Waals surface area contributed by atoms with Crippen LogP contribution in [0.4, 0.5) is 11.4 Å². The summed E-state index contributed by atoms with van der Waals surface area (Å²) in [4.78, 5) is 32.0. The van der Waals surface area contributed by atoms with E-state index in [1.165, 1.54) is 6.42 Å². The third-order valence-electron chi connectivity index (χ3n) is 7.11. The number of amides is 2. The Hall–Kier alpha value is -3.35. The summed E-state index contributed by atoms with van der Waals surface area (Å²) in [6.45, 7) is 3.37. The maximum atomic E-state index is 12.9. The minimum Gasteiger partial charge on any atom is -0.356 e. The lowest BCUT2D eigenvalue weighted by Gasteiger charge is -2.19. The Morgan fingerprint density at radius 2 is 1.88 bits per heavy atom. The normalized spacial score (nSPS) is 23.3. The number of nitrogens with one attached hydrogen (secondary N) is 3. The Morgan fingerprint density at radius 1 is 1.03 bits per heavy atom. The number of guanidine groups is 1. The van der Waals surface area contributed by atoms with Gasteiger partial charge >= 0.3 is 0 Å². The molecule has 2 amide bonds. The number of hydrogen-bond donors (Lipinski definition) is 3. The minimum atomic E-state index is -0.146. The summed E-state index contributed by atoms with van der Waals surface area (Å²) >= 11 is 0. The Morgan fingerprint density at radius 3 is 2.64 bits per heavy atom. The summed E-state index contributed by atoms with van der Waals surface area (Å²) in [6, 6.07) is 13.6. The zero-order valence-corrected chi connectivity index (χ0v) is 18.6. The quantitative estimate of drug-likeness (QED) is 0.661. The van der Waals surface area contributed by atoms with Crippen molar-refractivity contribution in [3.8, 4) is 0 Å². The average molecular weight is 444 g/mol. The van der Waals surface area contributed by atoms with Gasteiger partial charge in [-0.25, -0.2) is 0 Å². The number of benzene rings is 2. The van der Waals surface area contributed by atoms with Crippen molar-refractivity contribution in [1.82, 2.24) is 15.5 Å². The van der Waals surface area contributed by atoms with Gasteiger partial charge in [-0.3, -0.25) is 19.9 Å². The topological polar surface area (TPSA) is 85.8 Å². The molecule has 2 saturated carbocycles. The summed E-state index contributed by atoms with van der Waals surface area (Å²) in [5, 5.41) is 9.51. The average Bonchev–Trinajstić information content (AvgIpc) is 3.78. The van der Waals surface area contributed by atoms with Gasteiger partial charge in [0.1, 0.15) is 0 Å². The van der Waals surface area contributed by atoms with Crippen LogP contribution in [0, 0.1) is 11.8 Å². The number of carbonyl (C=O) groups excluding carboxylic acids is 2. The van der Waals surface area contributed by atoms with Gasteiger partial charge in [0.25, 0.3) is 11.8 Å². The van der Waals surface area contributed by atoms with Gasteiger partial charge in [0.15, 0.2) is 5.96 Å². The van der Waals surface area contributed by atoms with Gasteiger partial charge in [-0.05, 0) is 85.4 Å². The molecule has 2 aliphatic carbocycles. The number of anilines is 2. The van der Waals surface area contributed by atoms with Crippen molar-refractivity contribution in [1.29, 1.82) is 0 Å². The monoisotopic (exact) mass is 443 g/mol. The van der Waals surface area contributed by atoms with Crippen molar-refractivity contribution in [2.45, 2.75) is 31.6 Å². The lowest BCUT2D eigenvalue weighted by molar-refractivity contribution is 0.0775. The molecule has 0 spiro atoms. The molecule has 2 unspecified atom stereocenters. The molecule has 0 aromatic heterocycles. The summed E-state index contributed by atoms with van der Waals surface area (Å²) in [5.41, 5.74) is 4.40. The van der Waals surface area contributed by atoms with Crippen LogP contribution < -0.4 is 16.0 Å². The van der Waals surface area contributed by atoms with E-state index in [4.69, 9.17) is 0 Å². The van der Waals surface area contributed by atoms with Crippen LogP contribution >= 0.6 is 0 Å². The third kappa shape index (κ3) is 4.32. The maximum absolute atomic E-state index is 12.9. The van der Waals surface area contributed by atoms with Crippen LogP contribution in [0.25, 0.3) is 0 Å². The number of piperidine rings is 1. The lowest BCUT2D eigenvalue weighted by atomic mass is 10.0. The van der Waals surface area contributed by atoms with E-state index in [-0.39, 0.29) is 11.8 Å². The van der Waals surface area contributed by atoms with E-state index < -0.39 is 0 Å². The minimum absolute atomic E-state index is 0.125. The first-order chi connectivity index (χ1) is 16.1. The molecule has 0 radical (unpaired) electrons. The molecular weight excluding hydrogens is 414 g/mol. The Bertz CT molecular complexity index is 1130. The van der Waals surface area contributed by atoms with E-state index in [0.717, 1.165) is 79.8 Å². The van der Waals surface area contributed by atoms with E-state index in [1.807, 2.05) is 47.4 Å². The molecule has 33 heavy (non-hydrogen) atoms. The standard InChI is InChI=1S/C26H29N5O2/c32-24(30-26-27-9-2-10-28-26)17-7-8-23(22(13-17)16-5-6-16)29-21-4-1-3-18(12-21)25(33)31-14-19-11-20(19)15-31/h1,3-4,7-8,12-13,16,19-20,29H,2,5-6,9-11,14-15H2,(H2,27,28,30,32). The van der Waals surface area contributed by atoms with Crippen LogP contribution in [0.3, 0.4) is 0 Å². The maximum Gasteiger partial charge on any atom is 0.257 e. The molecule has 170 valence electrons. The molecule has 2 aliphatic heterocycles. The largest absolute Gasteiger partial charge is 0.356 e. The molecule has 6 rings (SSSR count). The van der Waals surface area contributed by atoms with Crippen LogP contribution in [0.15, 0.2) is 47.5 Å².